The van der Waals surface area contributed by atoms with Crippen molar-refractivity contribution < 1.29 is 4.74 Å². The summed E-state index contributed by atoms with van der Waals surface area (Å²) in [5, 5.41) is 4.95. The molecule has 1 heterocycles. The molecule has 1 atom stereocenters. The van der Waals surface area contributed by atoms with Crippen molar-refractivity contribution >= 4 is 22.6 Å². The third kappa shape index (κ3) is 3.58. The number of hydrogen-bond donors (Lipinski definition) is 1. The SMILES string of the molecule is CCC1CN=C(Nc2ccccc2Oc2ccccc2)S1. The predicted molar refractivity (Wildman–Crippen MR) is 90.6 cm³/mol. The van der Waals surface area contributed by atoms with Gasteiger partial charge in [-0.1, -0.05) is 49.0 Å². The van der Waals surface area contributed by atoms with Crippen LogP contribution in [0.5, 0.6) is 11.5 Å². The molecule has 0 spiro atoms. The van der Waals surface area contributed by atoms with Crippen LogP contribution < -0.4 is 10.1 Å². The van der Waals surface area contributed by atoms with Gasteiger partial charge in [0.15, 0.2) is 10.9 Å². The molecule has 2 aromatic rings. The van der Waals surface area contributed by atoms with Gasteiger partial charge in [-0.15, -0.1) is 0 Å². The van der Waals surface area contributed by atoms with Crippen molar-refractivity contribution in [2.45, 2.75) is 18.6 Å². The van der Waals surface area contributed by atoms with Crippen LogP contribution in [0.2, 0.25) is 0 Å². The number of aliphatic imine (C=N–C) groups is 1. The number of anilines is 1. The second-order valence-electron chi connectivity index (χ2n) is 4.83. The van der Waals surface area contributed by atoms with Crippen LogP contribution in [0.3, 0.4) is 0 Å². The maximum absolute atomic E-state index is 5.95. The molecule has 21 heavy (non-hydrogen) atoms. The number of amidine groups is 1. The molecule has 108 valence electrons. The second-order valence-corrected chi connectivity index (χ2v) is 6.12. The van der Waals surface area contributed by atoms with Crippen molar-refractivity contribution in [1.82, 2.24) is 0 Å². The normalized spacial score (nSPS) is 17.4. The molecule has 0 saturated heterocycles. The zero-order chi connectivity index (χ0) is 14.5. The maximum atomic E-state index is 5.95. The van der Waals surface area contributed by atoms with Crippen molar-refractivity contribution in [2.24, 2.45) is 4.99 Å². The second kappa shape index (κ2) is 6.68. The Morgan fingerprint density at radius 2 is 1.90 bits per heavy atom. The summed E-state index contributed by atoms with van der Waals surface area (Å²) in [4.78, 5) is 4.54. The molecule has 3 nitrogen and oxygen atoms in total. The standard InChI is InChI=1S/C17H18N2OS/c1-2-14-12-18-17(21-14)19-15-10-6-7-11-16(15)20-13-8-4-3-5-9-13/h3-11,14H,2,12H2,1H3,(H,18,19). The maximum Gasteiger partial charge on any atom is 0.161 e. The number of thioether (sulfide) groups is 1. The van der Waals surface area contributed by atoms with Gasteiger partial charge in [0.05, 0.1) is 12.2 Å². The number of benzene rings is 2. The van der Waals surface area contributed by atoms with E-state index in [4.69, 9.17) is 4.74 Å². The van der Waals surface area contributed by atoms with Gasteiger partial charge >= 0.3 is 0 Å². The van der Waals surface area contributed by atoms with E-state index in [0.29, 0.717) is 5.25 Å². The van der Waals surface area contributed by atoms with Crippen molar-refractivity contribution in [3.63, 3.8) is 0 Å². The summed E-state index contributed by atoms with van der Waals surface area (Å²) in [7, 11) is 0. The van der Waals surface area contributed by atoms with Gasteiger partial charge in [-0.2, -0.15) is 0 Å². The smallest absolute Gasteiger partial charge is 0.161 e. The fourth-order valence-corrected chi connectivity index (χ4v) is 3.04. The Hall–Kier alpha value is -1.94. The first-order chi connectivity index (χ1) is 10.3. The van der Waals surface area contributed by atoms with Crippen LogP contribution in [0, 0.1) is 0 Å². The van der Waals surface area contributed by atoms with Gasteiger partial charge in [0.2, 0.25) is 0 Å². The molecule has 0 saturated carbocycles. The zero-order valence-electron chi connectivity index (χ0n) is 12.0. The van der Waals surface area contributed by atoms with Crippen molar-refractivity contribution in [1.29, 1.82) is 0 Å². The molecule has 0 fully saturated rings. The summed E-state index contributed by atoms with van der Waals surface area (Å²) in [6.45, 7) is 3.09. The van der Waals surface area contributed by atoms with E-state index in [-0.39, 0.29) is 0 Å². The van der Waals surface area contributed by atoms with E-state index in [1.165, 1.54) is 0 Å². The molecular weight excluding hydrogens is 280 g/mol. The van der Waals surface area contributed by atoms with E-state index in [1.54, 1.807) is 11.8 Å². The first-order valence-electron chi connectivity index (χ1n) is 7.15. The summed E-state index contributed by atoms with van der Waals surface area (Å²) in [6, 6.07) is 17.8. The van der Waals surface area contributed by atoms with E-state index in [2.05, 4.69) is 17.2 Å². The fraction of sp³-hybridized carbons (Fsp3) is 0.235. The summed E-state index contributed by atoms with van der Waals surface area (Å²) < 4.78 is 5.95. The van der Waals surface area contributed by atoms with Crippen molar-refractivity contribution in [3.8, 4) is 11.5 Å². The molecule has 0 bridgehead atoms. The molecule has 0 aromatic heterocycles. The van der Waals surface area contributed by atoms with Crippen molar-refractivity contribution in [3.05, 3.63) is 54.6 Å². The van der Waals surface area contributed by atoms with Crippen LogP contribution in [0.4, 0.5) is 5.69 Å². The van der Waals surface area contributed by atoms with E-state index in [0.717, 1.165) is 35.3 Å². The Labute approximate surface area is 129 Å². The lowest BCUT2D eigenvalue weighted by molar-refractivity contribution is 0.485. The van der Waals surface area contributed by atoms with Crippen LogP contribution >= 0.6 is 11.8 Å². The molecular formula is C17H18N2OS. The minimum atomic E-state index is 0.592. The minimum Gasteiger partial charge on any atom is -0.455 e. The fourth-order valence-electron chi connectivity index (χ4n) is 2.09. The average molecular weight is 298 g/mol. The van der Waals surface area contributed by atoms with Gasteiger partial charge < -0.3 is 10.1 Å². The van der Waals surface area contributed by atoms with E-state index in [1.807, 2.05) is 54.6 Å². The Morgan fingerprint density at radius 3 is 2.67 bits per heavy atom. The van der Waals surface area contributed by atoms with Gasteiger partial charge in [0.25, 0.3) is 0 Å². The highest BCUT2D eigenvalue weighted by molar-refractivity contribution is 8.15. The third-order valence-electron chi connectivity index (χ3n) is 3.27. The number of para-hydroxylation sites is 3. The number of nitrogens with zero attached hydrogens (tertiary/aromatic N) is 1. The number of hydrogen-bond acceptors (Lipinski definition) is 4. The number of nitrogens with one attached hydrogen (secondary N) is 1. The first kappa shape index (κ1) is 14.0. The van der Waals surface area contributed by atoms with Gasteiger partial charge in [-0.25, -0.2) is 0 Å². The first-order valence-corrected chi connectivity index (χ1v) is 8.03. The van der Waals surface area contributed by atoms with Crippen LogP contribution in [-0.2, 0) is 0 Å². The summed E-state index contributed by atoms with van der Waals surface area (Å²) >= 11 is 1.80. The lowest BCUT2D eigenvalue weighted by Crippen LogP contribution is -2.07. The molecule has 1 N–H and O–H groups in total. The molecule has 1 aliphatic heterocycles. The Kier molecular flexibility index (Phi) is 4.46. The predicted octanol–water partition coefficient (Wildman–Crippen LogP) is 4.77. The zero-order valence-corrected chi connectivity index (χ0v) is 12.8. The topological polar surface area (TPSA) is 33.6 Å². The molecule has 0 radical (unpaired) electrons. The summed E-state index contributed by atoms with van der Waals surface area (Å²) in [5.74, 6) is 1.64. The molecule has 1 aliphatic rings. The van der Waals surface area contributed by atoms with Gasteiger partial charge in [-0.05, 0) is 30.7 Å². The van der Waals surface area contributed by atoms with Crippen LogP contribution in [0.25, 0.3) is 0 Å². The molecule has 1 unspecified atom stereocenters. The highest BCUT2D eigenvalue weighted by atomic mass is 32.2. The Morgan fingerprint density at radius 1 is 1.14 bits per heavy atom. The van der Waals surface area contributed by atoms with Gasteiger partial charge in [0, 0.05) is 5.25 Å². The van der Waals surface area contributed by atoms with Crippen molar-refractivity contribution in [2.75, 3.05) is 11.9 Å². The molecule has 4 heteroatoms. The molecule has 3 rings (SSSR count). The average Bonchev–Trinajstić information content (AvgIpc) is 2.98. The number of rotatable bonds is 4. The third-order valence-corrected chi connectivity index (χ3v) is 4.54. The number of ether oxygens (including phenoxy) is 1. The van der Waals surface area contributed by atoms with Gasteiger partial charge in [-0.3, -0.25) is 4.99 Å². The quantitative estimate of drug-likeness (QED) is 0.882. The molecule has 0 amide bonds. The van der Waals surface area contributed by atoms with E-state index >= 15 is 0 Å². The largest absolute Gasteiger partial charge is 0.455 e. The Bertz CT molecular complexity index is 628. The monoisotopic (exact) mass is 298 g/mol. The van der Waals surface area contributed by atoms with Crippen LogP contribution in [0.15, 0.2) is 59.6 Å². The van der Waals surface area contributed by atoms with E-state index in [9.17, 15) is 0 Å². The summed E-state index contributed by atoms with van der Waals surface area (Å²) in [5.41, 5.74) is 0.948. The van der Waals surface area contributed by atoms with Crippen LogP contribution in [-0.4, -0.2) is 17.0 Å². The Balaban J connectivity index is 1.74. The van der Waals surface area contributed by atoms with E-state index < -0.39 is 0 Å². The molecule has 0 aliphatic carbocycles. The summed E-state index contributed by atoms with van der Waals surface area (Å²) in [6.07, 6.45) is 1.14. The molecule has 2 aromatic carbocycles. The van der Waals surface area contributed by atoms with Gasteiger partial charge in [0.1, 0.15) is 5.75 Å². The van der Waals surface area contributed by atoms with Crippen LogP contribution in [0.1, 0.15) is 13.3 Å². The lowest BCUT2D eigenvalue weighted by atomic mass is 10.3. The lowest BCUT2D eigenvalue weighted by Gasteiger charge is -2.13. The highest BCUT2D eigenvalue weighted by Crippen LogP contribution is 2.32. The minimum absolute atomic E-state index is 0.592. The highest BCUT2D eigenvalue weighted by Gasteiger charge is 2.18.